The number of nitrogens with zero attached hydrogens (tertiary/aromatic N) is 3. The van der Waals surface area contributed by atoms with Crippen LogP contribution in [0.1, 0.15) is 25.3 Å². The van der Waals surface area contributed by atoms with Crippen LogP contribution < -0.4 is 10.6 Å². The summed E-state index contributed by atoms with van der Waals surface area (Å²) in [6.45, 7) is 4.99. The third kappa shape index (κ3) is 4.06. The van der Waals surface area contributed by atoms with E-state index in [4.69, 9.17) is 11.6 Å². The van der Waals surface area contributed by atoms with Crippen molar-refractivity contribution in [2.45, 2.75) is 26.7 Å². The molecule has 0 aliphatic rings. The van der Waals surface area contributed by atoms with Gasteiger partial charge >= 0.3 is 0 Å². The first-order chi connectivity index (χ1) is 9.69. The average Bonchev–Trinajstić information content (AvgIpc) is 2.44. The van der Waals surface area contributed by atoms with Crippen molar-refractivity contribution in [3.8, 4) is 0 Å². The third-order valence-electron chi connectivity index (χ3n) is 2.82. The Labute approximate surface area is 123 Å². The van der Waals surface area contributed by atoms with E-state index in [1.807, 2.05) is 25.1 Å². The van der Waals surface area contributed by atoms with E-state index in [1.54, 1.807) is 6.20 Å². The lowest BCUT2D eigenvalue weighted by atomic mass is 10.2. The van der Waals surface area contributed by atoms with E-state index in [9.17, 15) is 0 Å². The van der Waals surface area contributed by atoms with Crippen LogP contribution in [-0.4, -0.2) is 21.7 Å². The van der Waals surface area contributed by atoms with Crippen LogP contribution in [-0.2, 0) is 0 Å². The summed E-state index contributed by atoms with van der Waals surface area (Å²) in [5, 5.41) is 14.9. The van der Waals surface area contributed by atoms with E-state index in [-0.39, 0.29) is 0 Å². The molecule has 0 aliphatic heterocycles. The number of rotatable bonds is 6. The Hall–Kier alpha value is -1.88. The molecule has 0 amide bonds. The summed E-state index contributed by atoms with van der Waals surface area (Å²) >= 11 is 6.09. The van der Waals surface area contributed by atoms with Crippen molar-refractivity contribution >= 4 is 29.1 Å². The lowest BCUT2D eigenvalue weighted by molar-refractivity contribution is 0.827. The molecule has 0 radical (unpaired) electrons. The zero-order chi connectivity index (χ0) is 14.4. The lowest BCUT2D eigenvalue weighted by Gasteiger charge is -2.08. The number of anilines is 3. The topological polar surface area (TPSA) is 62.7 Å². The largest absolute Gasteiger partial charge is 0.369 e. The number of halogens is 1. The highest BCUT2D eigenvalue weighted by Crippen LogP contribution is 2.21. The zero-order valence-corrected chi connectivity index (χ0v) is 12.4. The number of nitrogens with one attached hydrogen (secondary N) is 2. The number of aromatic nitrogens is 3. The molecule has 6 heteroatoms. The summed E-state index contributed by atoms with van der Waals surface area (Å²) in [5.74, 6) is 1.17. The number of hydrogen-bond acceptors (Lipinski definition) is 5. The first-order valence-corrected chi connectivity index (χ1v) is 7.03. The van der Waals surface area contributed by atoms with Gasteiger partial charge in [0.05, 0.1) is 6.20 Å². The quantitative estimate of drug-likeness (QED) is 0.793. The molecule has 2 rings (SSSR count). The van der Waals surface area contributed by atoms with E-state index in [1.165, 1.54) is 0 Å². The minimum Gasteiger partial charge on any atom is -0.369 e. The first-order valence-electron chi connectivity index (χ1n) is 6.66. The second-order valence-corrected chi connectivity index (χ2v) is 4.94. The number of unbranched alkanes of at least 4 members (excludes halogenated alkanes) is 1. The van der Waals surface area contributed by atoms with E-state index >= 15 is 0 Å². The van der Waals surface area contributed by atoms with Crippen molar-refractivity contribution < 1.29 is 0 Å². The second-order valence-electron chi connectivity index (χ2n) is 4.53. The van der Waals surface area contributed by atoms with Gasteiger partial charge in [-0.2, -0.15) is 10.1 Å². The molecule has 0 unspecified atom stereocenters. The van der Waals surface area contributed by atoms with E-state index in [0.717, 1.165) is 30.6 Å². The maximum atomic E-state index is 6.09. The van der Waals surface area contributed by atoms with Crippen molar-refractivity contribution in [1.29, 1.82) is 0 Å². The van der Waals surface area contributed by atoms with Gasteiger partial charge in [-0.05, 0) is 31.0 Å². The van der Waals surface area contributed by atoms with Crippen LogP contribution in [0.25, 0.3) is 0 Å². The van der Waals surface area contributed by atoms with Crippen LogP contribution in [0.2, 0.25) is 5.02 Å². The Morgan fingerprint density at radius 1 is 1.30 bits per heavy atom. The molecular formula is C14H18ClN5. The van der Waals surface area contributed by atoms with E-state index in [2.05, 4.69) is 32.7 Å². The highest BCUT2D eigenvalue weighted by molar-refractivity contribution is 6.31. The standard InChI is InChI=1S/C14H18ClN5/c1-3-4-7-16-13-9-17-20-14(19-13)18-11-6-5-10(2)12(15)8-11/h5-6,8-9H,3-4,7H2,1-2H3,(H2,16,18,19,20). The van der Waals surface area contributed by atoms with Crippen molar-refractivity contribution in [1.82, 2.24) is 15.2 Å². The van der Waals surface area contributed by atoms with Gasteiger partial charge in [0.2, 0.25) is 5.95 Å². The van der Waals surface area contributed by atoms with Gasteiger partial charge in [0.1, 0.15) is 0 Å². The van der Waals surface area contributed by atoms with Gasteiger partial charge in [-0.15, -0.1) is 5.10 Å². The number of hydrogen-bond donors (Lipinski definition) is 2. The van der Waals surface area contributed by atoms with Crippen LogP contribution >= 0.6 is 11.6 Å². The fourth-order valence-corrected chi connectivity index (χ4v) is 1.82. The highest BCUT2D eigenvalue weighted by Gasteiger charge is 2.02. The molecule has 2 aromatic rings. The SMILES string of the molecule is CCCCNc1cnnc(Nc2ccc(C)c(Cl)c2)n1. The summed E-state index contributed by atoms with van der Waals surface area (Å²) < 4.78 is 0. The summed E-state index contributed by atoms with van der Waals surface area (Å²) in [4.78, 5) is 4.35. The Morgan fingerprint density at radius 3 is 2.90 bits per heavy atom. The molecule has 5 nitrogen and oxygen atoms in total. The molecule has 2 N–H and O–H groups in total. The molecule has 1 heterocycles. The van der Waals surface area contributed by atoms with Crippen LogP contribution in [0.3, 0.4) is 0 Å². The van der Waals surface area contributed by atoms with Crippen molar-refractivity contribution in [3.63, 3.8) is 0 Å². The Balaban J connectivity index is 2.05. The van der Waals surface area contributed by atoms with Gasteiger partial charge in [0.15, 0.2) is 5.82 Å². The average molecular weight is 292 g/mol. The van der Waals surface area contributed by atoms with Gasteiger partial charge in [-0.25, -0.2) is 0 Å². The molecule has 0 spiro atoms. The minimum absolute atomic E-state index is 0.450. The highest BCUT2D eigenvalue weighted by atomic mass is 35.5. The van der Waals surface area contributed by atoms with Crippen molar-refractivity contribution in [2.75, 3.05) is 17.2 Å². The molecule has 0 aliphatic carbocycles. The Kier molecular flexibility index (Phi) is 5.12. The molecular weight excluding hydrogens is 274 g/mol. The molecule has 0 saturated carbocycles. The van der Waals surface area contributed by atoms with Crippen LogP contribution in [0, 0.1) is 6.92 Å². The van der Waals surface area contributed by atoms with Gasteiger partial charge in [0, 0.05) is 17.3 Å². The molecule has 20 heavy (non-hydrogen) atoms. The van der Waals surface area contributed by atoms with E-state index < -0.39 is 0 Å². The summed E-state index contributed by atoms with van der Waals surface area (Å²) in [5.41, 5.74) is 1.87. The molecule has 106 valence electrons. The van der Waals surface area contributed by atoms with Gasteiger partial charge in [-0.3, -0.25) is 0 Å². The molecule has 0 bridgehead atoms. The molecule has 0 saturated heterocycles. The number of aryl methyl sites for hydroxylation is 1. The monoisotopic (exact) mass is 291 g/mol. The van der Waals surface area contributed by atoms with E-state index in [0.29, 0.717) is 16.8 Å². The Bertz CT molecular complexity index is 573. The lowest BCUT2D eigenvalue weighted by Crippen LogP contribution is -2.06. The Morgan fingerprint density at radius 2 is 2.15 bits per heavy atom. The molecule has 0 atom stereocenters. The fourth-order valence-electron chi connectivity index (χ4n) is 1.63. The summed E-state index contributed by atoms with van der Waals surface area (Å²) in [6, 6.07) is 5.72. The zero-order valence-electron chi connectivity index (χ0n) is 11.7. The van der Waals surface area contributed by atoms with Gasteiger partial charge in [0.25, 0.3) is 0 Å². The van der Waals surface area contributed by atoms with Crippen molar-refractivity contribution in [2.24, 2.45) is 0 Å². The van der Waals surface area contributed by atoms with Crippen LogP contribution in [0.5, 0.6) is 0 Å². The second kappa shape index (κ2) is 7.05. The third-order valence-corrected chi connectivity index (χ3v) is 3.23. The molecule has 1 aromatic carbocycles. The summed E-state index contributed by atoms with van der Waals surface area (Å²) in [7, 11) is 0. The normalized spacial score (nSPS) is 10.3. The minimum atomic E-state index is 0.450. The van der Waals surface area contributed by atoms with Crippen molar-refractivity contribution in [3.05, 3.63) is 35.0 Å². The molecule has 0 fully saturated rings. The predicted octanol–water partition coefficient (Wildman–Crippen LogP) is 3.79. The van der Waals surface area contributed by atoms with Gasteiger partial charge < -0.3 is 10.6 Å². The number of benzene rings is 1. The predicted molar refractivity (Wildman–Crippen MR) is 82.7 cm³/mol. The maximum Gasteiger partial charge on any atom is 0.249 e. The summed E-state index contributed by atoms with van der Waals surface area (Å²) in [6.07, 6.45) is 3.85. The first kappa shape index (κ1) is 14.5. The smallest absolute Gasteiger partial charge is 0.249 e. The molecule has 1 aromatic heterocycles. The fraction of sp³-hybridized carbons (Fsp3) is 0.357. The van der Waals surface area contributed by atoms with Crippen LogP contribution in [0.15, 0.2) is 24.4 Å². The van der Waals surface area contributed by atoms with Gasteiger partial charge in [-0.1, -0.05) is 31.0 Å². The van der Waals surface area contributed by atoms with Crippen LogP contribution in [0.4, 0.5) is 17.5 Å². The maximum absolute atomic E-state index is 6.09.